The standard InChI is InChI=1S/C25H28N2O5S/c1-15(28)32-17-10-8-16(9-11-17)27-20(29)13-19(22(27)30)26(14-18-7-6-12-33-18)23(31)21-24(2,3)25(21,4)5/h6-12,19,21H,13-14H2,1-5H3. The Bertz CT molecular complexity index is 1090. The van der Waals surface area contributed by atoms with E-state index in [1.54, 1.807) is 17.0 Å². The molecule has 1 saturated carbocycles. The molecule has 1 atom stereocenters. The third-order valence-corrected chi connectivity index (χ3v) is 8.17. The number of carbonyl (C=O) groups is 4. The number of rotatable bonds is 6. The van der Waals surface area contributed by atoms with Crippen LogP contribution in [0.15, 0.2) is 41.8 Å². The second-order valence-electron chi connectivity index (χ2n) is 9.80. The molecule has 33 heavy (non-hydrogen) atoms. The monoisotopic (exact) mass is 468 g/mol. The molecule has 2 fully saturated rings. The van der Waals surface area contributed by atoms with Crippen LogP contribution in [-0.2, 0) is 25.7 Å². The van der Waals surface area contributed by atoms with Crippen LogP contribution in [0.2, 0.25) is 0 Å². The maximum absolute atomic E-state index is 13.7. The van der Waals surface area contributed by atoms with Gasteiger partial charge in [-0.05, 0) is 46.5 Å². The lowest BCUT2D eigenvalue weighted by molar-refractivity contribution is -0.141. The summed E-state index contributed by atoms with van der Waals surface area (Å²) in [6.45, 7) is 9.86. The molecule has 1 aromatic carbocycles. The maximum atomic E-state index is 13.7. The van der Waals surface area contributed by atoms with Crippen molar-refractivity contribution in [2.75, 3.05) is 4.90 Å². The minimum atomic E-state index is -0.854. The Morgan fingerprint density at radius 1 is 1.09 bits per heavy atom. The summed E-state index contributed by atoms with van der Waals surface area (Å²) in [7, 11) is 0. The third-order valence-electron chi connectivity index (χ3n) is 7.31. The number of esters is 1. The van der Waals surface area contributed by atoms with Crippen molar-refractivity contribution in [1.82, 2.24) is 4.90 Å². The van der Waals surface area contributed by atoms with Gasteiger partial charge in [-0.2, -0.15) is 0 Å². The molecule has 8 heteroatoms. The Morgan fingerprint density at radius 2 is 1.73 bits per heavy atom. The second-order valence-corrected chi connectivity index (χ2v) is 10.8. The predicted molar refractivity (Wildman–Crippen MR) is 125 cm³/mol. The summed E-state index contributed by atoms with van der Waals surface area (Å²) in [6, 6.07) is 9.19. The SMILES string of the molecule is CC(=O)Oc1ccc(N2C(=O)CC(N(Cc3cccs3)C(=O)C3C(C)(C)C3(C)C)C2=O)cc1. The van der Waals surface area contributed by atoms with Crippen LogP contribution in [0.1, 0.15) is 45.9 Å². The normalized spacial score (nSPS) is 21.2. The molecular weight excluding hydrogens is 440 g/mol. The van der Waals surface area contributed by atoms with Crippen LogP contribution in [0, 0.1) is 16.7 Å². The molecule has 0 N–H and O–H groups in total. The highest BCUT2D eigenvalue weighted by Crippen LogP contribution is 2.69. The van der Waals surface area contributed by atoms with Crippen LogP contribution >= 0.6 is 11.3 Å². The fraction of sp³-hybridized carbons (Fsp3) is 0.440. The van der Waals surface area contributed by atoms with Gasteiger partial charge in [0.2, 0.25) is 11.8 Å². The lowest BCUT2D eigenvalue weighted by Gasteiger charge is -2.28. The molecular formula is C25H28N2O5S. The lowest BCUT2D eigenvalue weighted by atomic mass is 10.0. The van der Waals surface area contributed by atoms with Gasteiger partial charge in [-0.15, -0.1) is 11.3 Å². The van der Waals surface area contributed by atoms with E-state index in [-0.39, 0.29) is 35.0 Å². The van der Waals surface area contributed by atoms with Crippen LogP contribution in [-0.4, -0.2) is 34.6 Å². The average Bonchev–Trinajstić information content (AvgIpc) is 3.14. The Hall–Kier alpha value is -3.00. The molecule has 1 aromatic heterocycles. The first-order valence-electron chi connectivity index (χ1n) is 10.9. The van der Waals surface area contributed by atoms with Crippen molar-refractivity contribution in [1.29, 1.82) is 0 Å². The number of amides is 3. The molecule has 2 aliphatic rings. The number of anilines is 1. The molecule has 7 nitrogen and oxygen atoms in total. The van der Waals surface area contributed by atoms with E-state index in [0.717, 1.165) is 9.78 Å². The lowest BCUT2D eigenvalue weighted by Crippen LogP contribution is -2.46. The number of benzene rings is 1. The third kappa shape index (κ3) is 3.97. The van der Waals surface area contributed by atoms with E-state index in [2.05, 4.69) is 27.7 Å². The Kier molecular flexibility index (Phi) is 5.68. The first-order chi connectivity index (χ1) is 15.4. The fourth-order valence-electron chi connectivity index (χ4n) is 4.85. The highest BCUT2D eigenvalue weighted by Gasteiger charge is 2.69. The largest absolute Gasteiger partial charge is 0.427 e. The van der Waals surface area contributed by atoms with Crippen molar-refractivity contribution in [3.05, 3.63) is 46.7 Å². The number of nitrogens with zero attached hydrogens (tertiary/aromatic N) is 2. The van der Waals surface area contributed by atoms with Gasteiger partial charge in [-0.3, -0.25) is 19.2 Å². The summed E-state index contributed by atoms with van der Waals surface area (Å²) >= 11 is 1.52. The van der Waals surface area contributed by atoms with E-state index in [1.807, 2.05) is 17.5 Å². The first-order valence-corrected chi connectivity index (χ1v) is 11.8. The highest BCUT2D eigenvalue weighted by atomic mass is 32.1. The molecule has 1 unspecified atom stereocenters. The maximum Gasteiger partial charge on any atom is 0.308 e. The number of carbonyl (C=O) groups excluding carboxylic acids is 4. The summed E-state index contributed by atoms with van der Waals surface area (Å²) < 4.78 is 5.03. The summed E-state index contributed by atoms with van der Waals surface area (Å²) in [5, 5.41) is 1.93. The zero-order chi connectivity index (χ0) is 24.1. The summed E-state index contributed by atoms with van der Waals surface area (Å²) in [4.78, 5) is 54.9. The van der Waals surface area contributed by atoms with Gasteiger partial charge in [-0.1, -0.05) is 33.8 Å². The zero-order valence-corrected chi connectivity index (χ0v) is 20.3. The van der Waals surface area contributed by atoms with Crippen molar-refractivity contribution in [2.24, 2.45) is 16.7 Å². The van der Waals surface area contributed by atoms with Crippen LogP contribution in [0.3, 0.4) is 0 Å². The van der Waals surface area contributed by atoms with Gasteiger partial charge in [-0.25, -0.2) is 4.90 Å². The van der Waals surface area contributed by atoms with Crippen molar-refractivity contribution in [3.8, 4) is 5.75 Å². The molecule has 1 aliphatic carbocycles. The average molecular weight is 469 g/mol. The number of ether oxygens (including phenoxy) is 1. The van der Waals surface area contributed by atoms with E-state index in [1.165, 1.54) is 30.4 Å². The summed E-state index contributed by atoms with van der Waals surface area (Å²) in [5.41, 5.74) is 0.0183. The molecule has 0 bridgehead atoms. The Balaban J connectivity index is 1.61. The summed E-state index contributed by atoms with van der Waals surface area (Å²) in [5.74, 6) is -1.20. The molecule has 4 rings (SSSR count). The van der Waals surface area contributed by atoms with Gasteiger partial charge in [0.25, 0.3) is 5.91 Å². The van der Waals surface area contributed by atoms with Crippen LogP contribution in [0.4, 0.5) is 5.69 Å². The van der Waals surface area contributed by atoms with Crippen molar-refractivity contribution >= 4 is 40.7 Å². The van der Waals surface area contributed by atoms with Gasteiger partial charge in [0, 0.05) is 17.7 Å². The smallest absolute Gasteiger partial charge is 0.308 e. The van der Waals surface area contributed by atoms with E-state index >= 15 is 0 Å². The highest BCUT2D eigenvalue weighted by molar-refractivity contribution is 7.09. The van der Waals surface area contributed by atoms with E-state index < -0.39 is 17.9 Å². The minimum Gasteiger partial charge on any atom is -0.427 e. The van der Waals surface area contributed by atoms with Crippen molar-refractivity contribution < 1.29 is 23.9 Å². The number of imide groups is 1. The van der Waals surface area contributed by atoms with Crippen molar-refractivity contribution in [3.63, 3.8) is 0 Å². The number of thiophene rings is 1. The molecule has 1 saturated heterocycles. The molecule has 0 spiro atoms. The predicted octanol–water partition coefficient (Wildman–Crippen LogP) is 4.02. The molecule has 1 aliphatic heterocycles. The van der Waals surface area contributed by atoms with E-state index in [4.69, 9.17) is 4.74 Å². The van der Waals surface area contributed by atoms with Crippen LogP contribution in [0.5, 0.6) is 5.75 Å². The quantitative estimate of drug-likeness (QED) is 0.363. The summed E-state index contributed by atoms with van der Waals surface area (Å²) in [6.07, 6.45) is -0.0603. The fourth-order valence-corrected chi connectivity index (χ4v) is 5.55. The van der Waals surface area contributed by atoms with E-state index in [9.17, 15) is 19.2 Å². The Labute approximate surface area is 197 Å². The van der Waals surface area contributed by atoms with Gasteiger partial charge < -0.3 is 9.64 Å². The first kappa shape index (κ1) is 23.2. The van der Waals surface area contributed by atoms with E-state index in [0.29, 0.717) is 18.0 Å². The van der Waals surface area contributed by atoms with Gasteiger partial charge >= 0.3 is 5.97 Å². The van der Waals surface area contributed by atoms with Gasteiger partial charge in [0.15, 0.2) is 0 Å². The molecule has 2 heterocycles. The molecule has 3 amide bonds. The van der Waals surface area contributed by atoms with Crippen LogP contribution in [0.25, 0.3) is 0 Å². The number of hydrogen-bond donors (Lipinski definition) is 0. The van der Waals surface area contributed by atoms with Gasteiger partial charge in [0.05, 0.1) is 18.7 Å². The Morgan fingerprint density at radius 3 is 2.24 bits per heavy atom. The molecule has 0 radical (unpaired) electrons. The van der Waals surface area contributed by atoms with Crippen LogP contribution < -0.4 is 9.64 Å². The zero-order valence-electron chi connectivity index (χ0n) is 19.5. The van der Waals surface area contributed by atoms with Gasteiger partial charge in [0.1, 0.15) is 11.8 Å². The minimum absolute atomic E-state index is 0.0603. The molecule has 2 aromatic rings. The molecule has 174 valence electrons. The number of hydrogen-bond acceptors (Lipinski definition) is 6. The van der Waals surface area contributed by atoms with Crippen molar-refractivity contribution in [2.45, 2.75) is 53.6 Å². The second kappa shape index (κ2) is 8.09. The topological polar surface area (TPSA) is 84.0 Å².